The number of nitriles is 1. The third-order valence-electron chi connectivity index (χ3n) is 1.99. The molecule has 1 N–H and O–H groups in total. The van der Waals surface area contributed by atoms with Crippen molar-refractivity contribution in [3.63, 3.8) is 0 Å². The van der Waals surface area contributed by atoms with Gasteiger partial charge in [-0.25, -0.2) is 0 Å². The predicted molar refractivity (Wildman–Crippen MR) is 65.1 cm³/mol. The quantitative estimate of drug-likeness (QED) is 0.886. The van der Waals surface area contributed by atoms with Gasteiger partial charge in [-0.1, -0.05) is 0 Å². The lowest BCUT2D eigenvalue weighted by molar-refractivity contribution is 0.821. The Morgan fingerprint density at radius 3 is 2.93 bits per heavy atom. The first-order chi connectivity index (χ1) is 7.33. The highest BCUT2D eigenvalue weighted by Crippen LogP contribution is 2.32. The Morgan fingerprint density at radius 2 is 2.27 bits per heavy atom. The smallest absolute Gasteiger partial charge is 0.110 e. The van der Waals surface area contributed by atoms with E-state index in [0.717, 1.165) is 11.4 Å². The fraction of sp³-hybridized carbons (Fsp3) is 0.182. The second-order valence-corrected chi connectivity index (χ2v) is 5.12. The lowest BCUT2D eigenvalue weighted by Gasteiger charge is -1.91. The van der Waals surface area contributed by atoms with Gasteiger partial charge in [0.15, 0.2) is 0 Å². The molecule has 0 atom stereocenters. The van der Waals surface area contributed by atoms with Crippen LogP contribution in [0.15, 0.2) is 23.6 Å². The van der Waals surface area contributed by atoms with Crippen LogP contribution in [0.25, 0.3) is 9.75 Å². The Balaban J connectivity index is 2.25. The molecule has 0 aromatic carbocycles. The first kappa shape index (κ1) is 10.4. The molecule has 2 nitrogen and oxygen atoms in total. The Kier molecular flexibility index (Phi) is 3.17. The van der Waals surface area contributed by atoms with Gasteiger partial charge in [-0.2, -0.15) is 5.26 Å². The molecule has 0 radical (unpaired) electrons. The lowest BCUT2D eigenvalue weighted by atomic mass is 10.3. The van der Waals surface area contributed by atoms with Crippen molar-refractivity contribution in [1.82, 2.24) is 5.32 Å². The van der Waals surface area contributed by atoms with Crippen LogP contribution in [0.3, 0.4) is 0 Å². The van der Waals surface area contributed by atoms with E-state index < -0.39 is 0 Å². The summed E-state index contributed by atoms with van der Waals surface area (Å²) >= 11 is 3.27. The van der Waals surface area contributed by atoms with Crippen molar-refractivity contribution in [1.29, 1.82) is 5.26 Å². The van der Waals surface area contributed by atoms with E-state index in [1.54, 1.807) is 22.7 Å². The van der Waals surface area contributed by atoms with Gasteiger partial charge in [0.05, 0.1) is 0 Å². The molecule has 2 heterocycles. The summed E-state index contributed by atoms with van der Waals surface area (Å²) in [5.74, 6) is 0. The van der Waals surface area contributed by atoms with Gasteiger partial charge < -0.3 is 5.32 Å². The van der Waals surface area contributed by atoms with Crippen molar-refractivity contribution >= 4 is 22.7 Å². The zero-order valence-corrected chi connectivity index (χ0v) is 9.91. The van der Waals surface area contributed by atoms with Crippen LogP contribution in [0.2, 0.25) is 0 Å². The van der Waals surface area contributed by atoms with Crippen molar-refractivity contribution in [2.45, 2.75) is 6.54 Å². The Morgan fingerprint density at radius 1 is 1.40 bits per heavy atom. The molecule has 0 fully saturated rings. The largest absolute Gasteiger partial charge is 0.316 e. The maximum Gasteiger partial charge on any atom is 0.110 e. The highest BCUT2D eigenvalue weighted by Gasteiger charge is 2.05. The number of nitrogens with one attached hydrogen (secondary N) is 1. The van der Waals surface area contributed by atoms with Gasteiger partial charge in [0.25, 0.3) is 0 Å². The van der Waals surface area contributed by atoms with Gasteiger partial charge in [0.1, 0.15) is 10.9 Å². The molecule has 2 aromatic rings. The van der Waals surface area contributed by atoms with Crippen molar-refractivity contribution in [3.8, 4) is 15.8 Å². The average Bonchev–Trinajstić information content (AvgIpc) is 2.85. The summed E-state index contributed by atoms with van der Waals surface area (Å²) in [6.45, 7) is 0.896. The normalized spacial score (nSPS) is 10.1. The van der Waals surface area contributed by atoms with Gasteiger partial charge in [0, 0.05) is 16.3 Å². The fourth-order valence-corrected chi connectivity index (χ4v) is 3.15. The zero-order chi connectivity index (χ0) is 10.7. The van der Waals surface area contributed by atoms with Crippen LogP contribution in [-0.2, 0) is 6.54 Å². The predicted octanol–water partition coefficient (Wildman–Crippen LogP) is 3.07. The maximum absolute atomic E-state index is 8.74. The molecule has 0 aliphatic rings. The van der Waals surface area contributed by atoms with E-state index >= 15 is 0 Å². The Hall–Kier alpha value is -1.15. The highest BCUT2D eigenvalue weighted by atomic mass is 32.1. The van der Waals surface area contributed by atoms with Gasteiger partial charge in [0.2, 0.25) is 0 Å². The molecule has 0 bridgehead atoms. The minimum Gasteiger partial charge on any atom is -0.316 e. The van der Waals surface area contributed by atoms with E-state index in [-0.39, 0.29) is 0 Å². The van der Waals surface area contributed by atoms with Gasteiger partial charge in [-0.15, -0.1) is 22.7 Å². The molecule has 2 aromatic heterocycles. The first-order valence-electron chi connectivity index (χ1n) is 4.56. The second-order valence-electron chi connectivity index (χ2n) is 3.13. The summed E-state index contributed by atoms with van der Waals surface area (Å²) in [5, 5.41) is 14.0. The van der Waals surface area contributed by atoms with E-state index in [2.05, 4.69) is 22.8 Å². The van der Waals surface area contributed by atoms with E-state index in [9.17, 15) is 0 Å². The van der Waals surface area contributed by atoms with Crippen molar-refractivity contribution in [2.24, 2.45) is 0 Å². The van der Waals surface area contributed by atoms with E-state index in [4.69, 9.17) is 5.26 Å². The minimum absolute atomic E-state index is 0.772. The number of hydrogen-bond acceptors (Lipinski definition) is 4. The lowest BCUT2D eigenvalue weighted by Crippen LogP contribution is -2.03. The third kappa shape index (κ3) is 2.26. The van der Waals surface area contributed by atoms with Crippen LogP contribution >= 0.6 is 22.7 Å². The maximum atomic E-state index is 8.74. The summed E-state index contributed by atoms with van der Waals surface area (Å²) in [6, 6.07) is 8.22. The van der Waals surface area contributed by atoms with Crippen LogP contribution in [0.4, 0.5) is 0 Å². The van der Waals surface area contributed by atoms with E-state index in [1.807, 2.05) is 19.2 Å². The molecule has 0 aliphatic heterocycles. The molecule has 15 heavy (non-hydrogen) atoms. The topological polar surface area (TPSA) is 35.8 Å². The summed E-state index contributed by atoms with van der Waals surface area (Å²) in [7, 11) is 1.94. The number of thiophene rings is 2. The van der Waals surface area contributed by atoms with E-state index in [1.165, 1.54) is 15.3 Å². The molecule has 0 amide bonds. The SMILES string of the molecule is CNCc1csc(-c2ccc(C#N)s2)c1. The summed E-state index contributed by atoms with van der Waals surface area (Å²) in [5.41, 5.74) is 1.30. The summed E-state index contributed by atoms with van der Waals surface area (Å²) in [6.07, 6.45) is 0. The standard InChI is InChI=1S/C11H10N2S2/c1-13-6-8-4-11(14-7-8)10-3-2-9(5-12)15-10/h2-4,7,13H,6H2,1H3. The van der Waals surface area contributed by atoms with Crippen molar-refractivity contribution < 1.29 is 0 Å². The molecule has 0 saturated heterocycles. The molecule has 76 valence electrons. The van der Waals surface area contributed by atoms with Gasteiger partial charge >= 0.3 is 0 Å². The van der Waals surface area contributed by atoms with Gasteiger partial charge in [-0.3, -0.25) is 0 Å². The molecule has 2 rings (SSSR count). The molecule has 0 unspecified atom stereocenters. The number of nitrogens with zero attached hydrogens (tertiary/aromatic N) is 1. The molecule has 4 heteroatoms. The van der Waals surface area contributed by atoms with Crippen molar-refractivity contribution in [3.05, 3.63) is 34.0 Å². The number of hydrogen-bond donors (Lipinski definition) is 1. The fourth-order valence-electron chi connectivity index (χ4n) is 1.33. The molecule has 0 saturated carbocycles. The zero-order valence-electron chi connectivity index (χ0n) is 8.28. The first-order valence-corrected chi connectivity index (χ1v) is 6.25. The third-order valence-corrected chi connectivity index (χ3v) is 4.16. The van der Waals surface area contributed by atoms with E-state index in [0.29, 0.717) is 0 Å². The molecular weight excluding hydrogens is 224 g/mol. The minimum atomic E-state index is 0.772. The summed E-state index contributed by atoms with van der Waals surface area (Å²) < 4.78 is 0. The Labute approximate surface area is 96.8 Å². The second kappa shape index (κ2) is 4.58. The molecular formula is C11H10N2S2. The molecule has 0 spiro atoms. The molecule has 0 aliphatic carbocycles. The number of rotatable bonds is 3. The summed E-state index contributed by atoms with van der Waals surface area (Å²) in [4.78, 5) is 3.19. The average molecular weight is 234 g/mol. The van der Waals surface area contributed by atoms with Crippen LogP contribution in [-0.4, -0.2) is 7.05 Å². The van der Waals surface area contributed by atoms with Crippen LogP contribution in [0.5, 0.6) is 0 Å². The monoisotopic (exact) mass is 234 g/mol. The van der Waals surface area contributed by atoms with Crippen molar-refractivity contribution in [2.75, 3.05) is 7.05 Å². The van der Waals surface area contributed by atoms with Crippen LogP contribution in [0, 0.1) is 11.3 Å². The Bertz CT molecular complexity index is 491. The van der Waals surface area contributed by atoms with Crippen LogP contribution in [0.1, 0.15) is 10.4 Å². The van der Waals surface area contributed by atoms with Crippen LogP contribution < -0.4 is 5.32 Å². The van der Waals surface area contributed by atoms with Gasteiger partial charge in [-0.05, 0) is 36.2 Å². The highest BCUT2D eigenvalue weighted by molar-refractivity contribution is 7.21.